The molecule has 8 nitrogen and oxygen atoms in total. The molecule has 0 saturated carbocycles. The number of nitrogens with zero attached hydrogens (tertiary/aromatic N) is 2. The Morgan fingerprint density at radius 3 is 2.80 bits per heavy atom. The van der Waals surface area contributed by atoms with E-state index in [9.17, 15) is 23.5 Å². The molecule has 0 fully saturated rings. The number of halogens is 3. The average molecular weight is 506 g/mol. The monoisotopic (exact) mass is 505 g/mol. The summed E-state index contributed by atoms with van der Waals surface area (Å²) in [5.74, 6) is -1.33. The highest BCUT2D eigenvalue weighted by molar-refractivity contribution is 6.31. The predicted molar refractivity (Wildman–Crippen MR) is 127 cm³/mol. The lowest BCUT2D eigenvalue weighted by molar-refractivity contribution is -0.125. The summed E-state index contributed by atoms with van der Waals surface area (Å²) in [5.41, 5.74) is -0.875. The van der Waals surface area contributed by atoms with Crippen molar-refractivity contribution in [2.75, 3.05) is 25.0 Å². The summed E-state index contributed by atoms with van der Waals surface area (Å²) in [4.78, 5) is 28.0. The maximum atomic E-state index is 13.5. The van der Waals surface area contributed by atoms with Gasteiger partial charge in [-0.25, -0.2) is 23.9 Å². The molecule has 0 saturated heterocycles. The Labute approximate surface area is 205 Å². The number of carbonyl (C=O) groups is 2. The van der Waals surface area contributed by atoms with Crippen LogP contribution in [0.1, 0.15) is 18.9 Å². The van der Waals surface area contributed by atoms with Gasteiger partial charge in [0.15, 0.2) is 0 Å². The fourth-order valence-electron chi connectivity index (χ4n) is 3.23. The fraction of sp³-hybridized carbons (Fsp3) is 0.292. The van der Waals surface area contributed by atoms with Crippen LogP contribution < -0.4 is 16.0 Å². The van der Waals surface area contributed by atoms with Gasteiger partial charge in [-0.3, -0.25) is 10.1 Å². The Bertz CT molecular complexity index is 1210. The standard InChI is InChI=1S/C24H24ClF2N4O4/c1-24(34,14-28-12-16-3-2-4-19(27)22(16)25)11-21(32)29-7-8-35-23(33)31-20-10-17-9-18(26)6-5-15(17)13-30-20/h2-6,9-10,13,28,34H,7-8,11-12,14H2,1H3,(H,30,31,33). The molecule has 1 unspecified atom stereocenters. The van der Waals surface area contributed by atoms with Crippen molar-refractivity contribution in [1.82, 2.24) is 15.6 Å². The zero-order valence-corrected chi connectivity index (χ0v) is 19.6. The highest BCUT2D eigenvalue weighted by Gasteiger charge is 2.24. The molecule has 0 bridgehead atoms. The number of hydrogen-bond donors (Lipinski definition) is 3. The van der Waals surface area contributed by atoms with E-state index < -0.39 is 29.2 Å². The second kappa shape index (κ2) is 11.9. The lowest BCUT2D eigenvalue weighted by Crippen LogP contribution is -2.41. The minimum Gasteiger partial charge on any atom is -0.447 e. The number of benzene rings is 2. The Morgan fingerprint density at radius 1 is 1.20 bits per heavy atom. The quantitative estimate of drug-likeness (QED) is 0.361. The molecule has 0 aliphatic rings. The second-order valence-corrected chi connectivity index (χ2v) is 8.47. The van der Waals surface area contributed by atoms with Gasteiger partial charge in [-0.2, -0.15) is 0 Å². The smallest absolute Gasteiger partial charge is 0.412 e. The summed E-state index contributed by atoms with van der Waals surface area (Å²) in [5, 5.41) is 20.8. The molecule has 185 valence electrons. The van der Waals surface area contributed by atoms with Gasteiger partial charge < -0.3 is 15.2 Å². The molecule has 1 radical (unpaired) electrons. The van der Waals surface area contributed by atoms with Crippen molar-refractivity contribution in [3.63, 3.8) is 0 Å². The van der Waals surface area contributed by atoms with Crippen molar-refractivity contribution < 1.29 is 28.2 Å². The SMILES string of the molecule is CC(O)(CNCc1cccc(F)c1Cl)CC(=O)[N]CCOC(=O)Nc1cc2cc(F)ccc2cn1. The van der Waals surface area contributed by atoms with Gasteiger partial charge in [0, 0.05) is 24.7 Å². The largest absolute Gasteiger partial charge is 0.447 e. The second-order valence-electron chi connectivity index (χ2n) is 8.09. The van der Waals surface area contributed by atoms with Crippen molar-refractivity contribution in [3.8, 4) is 0 Å². The number of hydrogen-bond acceptors (Lipinski definition) is 6. The topological polar surface area (TPSA) is 115 Å². The maximum Gasteiger partial charge on any atom is 0.412 e. The number of pyridine rings is 1. The Hall–Kier alpha value is -3.34. The van der Waals surface area contributed by atoms with Crippen LogP contribution in [0.5, 0.6) is 0 Å². The van der Waals surface area contributed by atoms with Gasteiger partial charge in [0.2, 0.25) is 5.91 Å². The molecule has 0 spiro atoms. The highest BCUT2D eigenvalue weighted by atomic mass is 35.5. The number of fused-ring (bicyclic) bond motifs is 1. The van der Waals surface area contributed by atoms with Gasteiger partial charge in [0.25, 0.3) is 0 Å². The van der Waals surface area contributed by atoms with Crippen molar-refractivity contribution >= 4 is 40.2 Å². The van der Waals surface area contributed by atoms with E-state index in [0.29, 0.717) is 16.3 Å². The van der Waals surface area contributed by atoms with Crippen LogP contribution in [0.3, 0.4) is 0 Å². The zero-order valence-electron chi connectivity index (χ0n) is 18.9. The van der Waals surface area contributed by atoms with E-state index >= 15 is 0 Å². The summed E-state index contributed by atoms with van der Waals surface area (Å²) < 4.78 is 31.8. The Kier molecular flexibility index (Phi) is 8.91. The molecule has 1 aromatic heterocycles. The molecule has 3 aromatic rings. The molecular weight excluding hydrogens is 482 g/mol. The number of aromatic nitrogens is 1. The highest BCUT2D eigenvalue weighted by Crippen LogP contribution is 2.20. The molecular formula is C24H24ClF2N4O4. The van der Waals surface area contributed by atoms with Crippen molar-refractivity contribution in [2.24, 2.45) is 0 Å². The lowest BCUT2D eigenvalue weighted by atomic mass is 10.0. The number of carbonyl (C=O) groups excluding carboxylic acids is 2. The number of rotatable bonds is 10. The molecule has 1 heterocycles. The third-order valence-electron chi connectivity index (χ3n) is 4.91. The van der Waals surface area contributed by atoms with Crippen LogP contribution >= 0.6 is 11.6 Å². The van der Waals surface area contributed by atoms with Crippen LogP contribution in [0.25, 0.3) is 10.8 Å². The molecule has 1 atom stereocenters. The van der Waals surface area contributed by atoms with Gasteiger partial charge in [0.1, 0.15) is 24.1 Å². The van der Waals surface area contributed by atoms with Crippen molar-refractivity contribution in [2.45, 2.75) is 25.5 Å². The molecule has 0 aliphatic carbocycles. The average Bonchev–Trinajstić information content (AvgIpc) is 2.79. The summed E-state index contributed by atoms with van der Waals surface area (Å²) in [7, 11) is 0. The van der Waals surface area contributed by atoms with E-state index in [2.05, 4.69) is 20.9 Å². The van der Waals surface area contributed by atoms with Gasteiger partial charge in [-0.05, 0) is 48.2 Å². The van der Waals surface area contributed by atoms with Crippen LogP contribution in [-0.2, 0) is 16.1 Å². The third-order valence-corrected chi connectivity index (χ3v) is 5.33. The molecule has 2 amide bonds. The molecule has 3 N–H and O–H groups in total. The summed E-state index contributed by atoms with van der Waals surface area (Å²) in [6.07, 6.45) is 0.426. The number of aliphatic hydroxyl groups is 1. The minimum atomic E-state index is -1.40. The number of ether oxygens (including phenoxy) is 1. The molecule has 11 heteroatoms. The van der Waals surface area contributed by atoms with E-state index in [0.717, 1.165) is 0 Å². The third kappa shape index (κ3) is 8.13. The van der Waals surface area contributed by atoms with E-state index in [1.807, 2.05) is 0 Å². The Morgan fingerprint density at radius 2 is 2.00 bits per heavy atom. The molecule has 2 aromatic carbocycles. The summed E-state index contributed by atoms with van der Waals surface area (Å²) >= 11 is 5.89. The first kappa shape index (κ1) is 26.3. The minimum absolute atomic E-state index is 0.0000465. The van der Waals surface area contributed by atoms with Crippen LogP contribution in [0.4, 0.5) is 19.4 Å². The van der Waals surface area contributed by atoms with Gasteiger partial charge >= 0.3 is 6.09 Å². The van der Waals surface area contributed by atoms with Gasteiger partial charge in [-0.1, -0.05) is 23.7 Å². The Balaban J connectivity index is 1.34. The number of amides is 2. The maximum absolute atomic E-state index is 13.5. The van der Waals surface area contributed by atoms with E-state index in [-0.39, 0.29) is 43.5 Å². The van der Waals surface area contributed by atoms with Crippen molar-refractivity contribution in [3.05, 3.63) is 70.9 Å². The van der Waals surface area contributed by atoms with E-state index in [1.165, 1.54) is 43.5 Å². The van der Waals surface area contributed by atoms with Crippen molar-refractivity contribution in [1.29, 1.82) is 0 Å². The number of nitrogens with one attached hydrogen (secondary N) is 2. The van der Waals surface area contributed by atoms with E-state index in [1.54, 1.807) is 12.1 Å². The fourth-order valence-corrected chi connectivity index (χ4v) is 3.42. The van der Waals surface area contributed by atoms with Gasteiger partial charge in [0.05, 0.1) is 23.6 Å². The predicted octanol–water partition coefficient (Wildman–Crippen LogP) is 3.78. The summed E-state index contributed by atoms with van der Waals surface area (Å²) in [6.45, 7) is 1.46. The normalized spacial score (nSPS) is 12.7. The molecule has 3 rings (SSSR count). The molecule has 0 aliphatic heterocycles. The lowest BCUT2D eigenvalue weighted by Gasteiger charge is -2.23. The van der Waals surface area contributed by atoms with Crippen LogP contribution in [-0.4, -0.2) is 47.4 Å². The first-order valence-electron chi connectivity index (χ1n) is 10.7. The first-order chi connectivity index (χ1) is 16.6. The van der Waals surface area contributed by atoms with Crippen LogP contribution in [0, 0.1) is 11.6 Å². The van der Waals surface area contributed by atoms with E-state index in [4.69, 9.17) is 16.3 Å². The summed E-state index contributed by atoms with van der Waals surface area (Å²) in [6, 6.07) is 10.1. The zero-order chi connectivity index (χ0) is 25.4. The first-order valence-corrected chi connectivity index (χ1v) is 11.1. The number of anilines is 1. The molecule has 35 heavy (non-hydrogen) atoms. The van der Waals surface area contributed by atoms with Crippen LogP contribution in [0.2, 0.25) is 5.02 Å². The van der Waals surface area contributed by atoms with Gasteiger partial charge in [-0.15, -0.1) is 0 Å². The van der Waals surface area contributed by atoms with Crippen LogP contribution in [0.15, 0.2) is 48.7 Å².